The first-order valence-electron chi connectivity index (χ1n) is 8.30. The zero-order chi connectivity index (χ0) is 17.3. The second kappa shape index (κ2) is 6.65. The van der Waals surface area contributed by atoms with Crippen LogP contribution in [0.5, 0.6) is 0 Å². The number of hydrogen-bond donors (Lipinski definition) is 1. The summed E-state index contributed by atoms with van der Waals surface area (Å²) in [5.41, 5.74) is -0.398. The van der Waals surface area contributed by atoms with Crippen molar-refractivity contribution in [2.24, 2.45) is 11.3 Å². The van der Waals surface area contributed by atoms with Gasteiger partial charge in [0.2, 0.25) is 0 Å². The summed E-state index contributed by atoms with van der Waals surface area (Å²) in [5, 5.41) is 3.03. The number of hydrogen-bond acceptors (Lipinski definition) is 3. The van der Waals surface area contributed by atoms with Crippen LogP contribution in [0, 0.1) is 11.3 Å². The van der Waals surface area contributed by atoms with Crippen LogP contribution in [-0.4, -0.2) is 16.0 Å². The second-order valence-electron chi connectivity index (χ2n) is 7.45. The Morgan fingerprint density at radius 1 is 1.09 bits per heavy atom. The Morgan fingerprint density at radius 3 is 2.17 bits per heavy atom. The summed E-state index contributed by atoms with van der Waals surface area (Å²) < 4.78 is 40.0. The van der Waals surface area contributed by atoms with Crippen molar-refractivity contribution in [3.63, 3.8) is 0 Å². The van der Waals surface area contributed by atoms with Crippen molar-refractivity contribution in [3.05, 3.63) is 17.6 Å². The molecule has 6 heteroatoms. The van der Waals surface area contributed by atoms with Crippen molar-refractivity contribution in [2.45, 2.75) is 72.0 Å². The Labute approximate surface area is 136 Å². The van der Waals surface area contributed by atoms with Gasteiger partial charge in [-0.1, -0.05) is 27.7 Å². The molecule has 23 heavy (non-hydrogen) atoms. The van der Waals surface area contributed by atoms with Gasteiger partial charge in [-0.15, -0.1) is 0 Å². The number of anilines is 1. The normalized spacial score (nSPS) is 22.9. The van der Waals surface area contributed by atoms with E-state index in [1.165, 1.54) is 6.33 Å². The summed E-state index contributed by atoms with van der Waals surface area (Å²) >= 11 is 0. The molecular formula is C17H26F3N3. The highest BCUT2D eigenvalue weighted by molar-refractivity contribution is 5.48. The summed E-state index contributed by atoms with van der Waals surface area (Å²) in [6, 6.07) is 0.0503. The maximum atomic E-state index is 13.3. The molecule has 1 aliphatic rings. The van der Waals surface area contributed by atoms with E-state index in [-0.39, 0.29) is 29.4 Å². The Kier molecular flexibility index (Phi) is 5.21. The highest BCUT2D eigenvalue weighted by Crippen LogP contribution is 2.40. The Bertz CT molecular complexity index is 527. The van der Waals surface area contributed by atoms with E-state index < -0.39 is 11.7 Å². The number of nitrogens with one attached hydrogen (secondary N) is 1. The van der Waals surface area contributed by atoms with Gasteiger partial charge in [-0.05, 0) is 43.4 Å². The molecule has 130 valence electrons. The molecule has 0 amide bonds. The molecule has 0 radical (unpaired) electrons. The molecule has 1 aromatic heterocycles. The summed E-state index contributed by atoms with van der Waals surface area (Å²) in [6.07, 6.45) is 0.857. The van der Waals surface area contributed by atoms with Gasteiger partial charge in [-0.25, -0.2) is 9.97 Å². The van der Waals surface area contributed by atoms with Crippen LogP contribution in [-0.2, 0) is 12.6 Å². The van der Waals surface area contributed by atoms with Crippen molar-refractivity contribution in [3.8, 4) is 0 Å². The quantitative estimate of drug-likeness (QED) is 0.841. The fraction of sp³-hybridized carbons (Fsp3) is 0.765. The summed E-state index contributed by atoms with van der Waals surface area (Å²) in [4.78, 5) is 7.66. The zero-order valence-electron chi connectivity index (χ0n) is 14.3. The first kappa shape index (κ1) is 18.0. The number of aromatic nitrogens is 2. The third kappa shape index (κ3) is 4.36. The smallest absolute Gasteiger partial charge is 0.367 e. The van der Waals surface area contributed by atoms with Gasteiger partial charge >= 0.3 is 6.18 Å². The molecule has 1 N–H and O–H groups in total. The van der Waals surface area contributed by atoms with E-state index in [1.54, 1.807) is 6.92 Å². The fourth-order valence-electron chi connectivity index (χ4n) is 3.39. The molecule has 0 aliphatic heterocycles. The molecule has 1 heterocycles. The van der Waals surface area contributed by atoms with Crippen LogP contribution in [0.2, 0.25) is 0 Å². The van der Waals surface area contributed by atoms with Crippen LogP contribution in [0.3, 0.4) is 0 Å². The van der Waals surface area contributed by atoms with E-state index in [0.29, 0.717) is 5.92 Å². The molecule has 0 saturated heterocycles. The molecule has 3 nitrogen and oxygen atoms in total. The third-order valence-corrected chi connectivity index (χ3v) is 4.84. The van der Waals surface area contributed by atoms with Gasteiger partial charge in [0.25, 0.3) is 0 Å². The van der Waals surface area contributed by atoms with Gasteiger partial charge in [0, 0.05) is 6.04 Å². The third-order valence-electron chi connectivity index (χ3n) is 4.84. The maximum absolute atomic E-state index is 13.3. The monoisotopic (exact) mass is 329 g/mol. The predicted octanol–water partition coefficient (Wildman–Crippen LogP) is 5.07. The minimum Gasteiger partial charge on any atom is -0.367 e. The highest BCUT2D eigenvalue weighted by atomic mass is 19.4. The Balaban J connectivity index is 2.13. The Hall–Kier alpha value is -1.33. The molecule has 1 aliphatic carbocycles. The van der Waals surface area contributed by atoms with Crippen LogP contribution in [0.4, 0.5) is 19.0 Å². The summed E-state index contributed by atoms with van der Waals surface area (Å²) in [7, 11) is 0. The van der Waals surface area contributed by atoms with Gasteiger partial charge in [0.1, 0.15) is 17.7 Å². The molecular weight excluding hydrogens is 303 g/mol. The van der Waals surface area contributed by atoms with Gasteiger partial charge in [0.05, 0.1) is 5.69 Å². The van der Waals surface area contributed by atoms with Crippen LogP contribution in [0.15, 0.2) is 6.33 Å². The van der Waals surface area contributed by atoms with E-state index in [4.69, 9.17) is 0 Å². The van der Waals surface area contributed by atoms with E-state index in [2.05, 4.69) is 36.1 Å². The average Bonchev–Trinajstić information content (AvgIpc) is 2.45. The van der Waals surface area contributed by atoms with Crippen molar-refractivity contribution < 1.29 is 13.2 Å². The highest BCUT2D eigenvalue weighted by Gasteiger charge is 2.38. The molecule has 0 atom stereocenters. The molecule has 1 fully saturated rings. The predicted molar refractivity (Wildman–Crippen MR) is 85.2 cm³/mol. The number of halogens is 3. The van der Waals surface area contributed by atoms with E-state index in [9.17, 15) is 13.2 Å². The minimum absolute atomic E-state index is 0.0503. The average molecular weight is 329 g/mol. The molecule has 1 aromatic rings. The largest absolute Gasteiger partial charge is 0.421 e. The Morgan fingerprint density at radius 2 is 1.70 bits per heavy atom. The molecule has 0 unspecified atom stereocenters. The number of aryl methyl sites for hydroxylation is 1. The zero-order valence-corrected chi connectivity index (χ0v) is 14.3. The standard InChI is InChI=1S/C17H26F3N3/c1-5-13-14(17(18,19)20)15(22-10-21-13)23-12-8-6-11(7-9-12)16(2,3)4/h10-12H,5-9H2,1-4H3,(H,21,22,23)/t11-,12+. The summed E-state index contributed by atoms with van der Waals surface area (Å²) in [6.45, 7) is 8.36. The van der Waals surface area contributed by atoms with Crippen LogP contribution >= 0.6 is 0 Å². The van der Waals surface area contributed by atoms with E-state index in [1.807, 2.05) is 0 Å². The van der Waals surface area contributed by atoms with Gasteiger partial charge < -0.3 is 5.32 Å². The van der Waals surface area contributed by atoms with Gasteiger partial charge in [0.15, 0.2) is 0 Å². The van der Waals surface area contributed by atoms with Gasteiger partial charge in [-0.2, -0.15) is 13.2 Å². The topological polar surface area (TPSA) is 37.8 Å². The van der Waals surface area contributed by atoms with Crippen molar-refractivity contribution in [1.29, 1.82) is 0 Å². The first-order chi connectivity index (χ1) is 10.6. The number of alkyl halides is 3. The van der Waals surface area contributed by atoms with E-state index in [0.717, 1.165) is 25.7 Å². The minimum atomic E-state index is -4.43. The molecule has 2 rings (SSSR count). The van der Waals surface area contributed by atoms with Crippen LogP contribution < -0.4 is 5.32 Å². The molecule has 1 saturated carbocycles. The lowest BCUT2D eigenvalue weighted by Gasteiger charge is -2.37. The lowest BCUT2D eigenvalue weighted by molar-refractivity contribution is -0.138. The maximum Gasteiger partial charge on any atom is 0.421 e. The lowest BCUT2D eigenvalue weighted by Crippen LogP contribution is -2.32. The SMILES string of the molecule is CCc1ncnc(N[C@H]2CC[C@@H](C(C)(C)C)CC2)c1C(F)(F)F. The number of rotatable bonds is 3. The fourth-order valence-corrected chi connectivity index (χ4v) is 3.39. The van der Waals surface area contributed by atoms with Crippen molar-refractivity contribution in [1.82, 2.24) is 9.97 Å². The molecule has 0 aromatic carbocycles. The van der Waals surface area contributed by atoms with E-state index >= 15 is 0 Å². The molecule has 0 spiro atoms. The lowest BCUT2D eigenvalue weighted by atomic mass is 9.71. The van der Waals surface area contributed by atoms with Crippen LogP contribution in [0.1, 0.15) is 64.6 Å². The molecule has 0 bridgehead atoms. The van der Waals surface area contributed by atoms with Crippen molar-refractivity contribution >= 4 is 5.82 Å². The van der Waals surface area contributed by atoms with Crippen LogP contribution in [0.25, 0.3) is 0 Å². The second-order valence-corrected chi connectivity index (χ2v) is 7.45. The van der Waals surface area contributed by atoms with Crippen molar-refractivity contribution in [2.75, 3.05) is 5.32 Å². The first-order valence-corrected chi connectivity index (χ1v) is 8.30. The summed E-state index contributed by atoms with van der Waals surface area (Å²) in [5.74, 6) is 0.558. The van der Waals surface area contributed by atoms with Gasteiger partial charge in [-0.3, -0.25) is 0 Å². The number of nitrogens with zero attached hydrogens (tertiary/aromatic N) is 2.